The van der Waals surface area contributed by atoms with Crippen LogP contribution in [0.25, 0.3) is 6.08 Å². The third kappa shape index (κ3) is 3.41. The SMILES string of the molecule is CC(C)/C=C/c1ccc(Cl)c(Cl)c1. The van der Waals surface area contributed by atoms with E-state index < -0.39 is 0 Å². The first kappa shape index (κ1) is 10.6. The molecular formula is C11H12Cl2. The molecular weight excluding hydrogens is 203 g/mol. The summed E-state index contributed by atoms with van der Waals surface area (Å²) in [5, 5.41) is 1.20. The molecule has 0 saturated carbocycles. The molecule has 0 bridgehead atoms. The largest absolute Gasteiger partial charge is 0.0827 e. The van der Waals surface area contributed by atoms with Gasteiger partial charge in [0.2, 0.25) is 0 Å². The molecule has 0 atom stereocenters. The summed E-state index contributed by atoms with van der Waals surface area (Å²) < 4.78 is 0. The molecule has 0 aliphatic rings. The third-order valence-electron chi connectivity index (χ3n) is 1.62. The molecule has 0 saturated heterocycles. The van der Waals surface area contributed by atoms with Gasteiger partial charge in [0.05, 0.1) is 10.0 Å². The molecule has 1 aromatic rings. The van der Waals surface area contributed by atoms with Crippen molar-refractivity contribution in [1.29, 1.82) is 0 Å². The van der Waals surface area contributed by atoms with Crippen LogP contribution < -0.4 is 0 Å². The van der Waals surface area contributed by atoms with Gasteiger partial charge >= 0.3 is 0 Å². The summed E-state index contributed by atoms with van der Waals surface area (Å²) in [6, 6.07) is 5.62. The van der Waals surface area contributed by atoms with E-state index in [0.29, 0.717) is 16.0 Å². The minimum absolute atomic E-state index is 0.550. The fraction of sp³-hybridized carbons (Fsp3) is 0.273. The first-order valence-electron chi connectivity index (χ1n) is 4.23. The average molecular weight is 215 g/mol. The van der Waals surface area contributed by atoms with E-state index in [9.17, 15) is 0 Å². The maximum Gasteiger partial charge on any atom is 0.0598 e. The highest BCUT2D eigenvalue weighted by Gasteiger charge is 1.96. The summed E-state index contributed by atoms with van der Waals surface area (Å²) in [4.78, 5) is 0. The molecule has 0 amide bonds. The van der Waals surface area contributed by atoms with E-state index >= 15 is 0 Å². The second-order valence-corrected chi connectivity index (χ2v) is 4.09. The average Bonchev–Trinajstić information content (AvgIpc) is 2.07. The van der Waals surface area contributed by atoms with Crippen LogP contribution in [0.15, 0.2) is 24.3 Å². The maximum absolute atomic E-state index is 5.86. The van der Waals surface area contributed by atoms with Crippen molar-refractivity contribution in [3.8, 4) is 0 Å². The zero-order valence-electron chi connectivity index (χ0n) is 7.72. The van der Waals surface area contributed by atoms with E-state index in [-0.39, 0.29) is 0 Å². The van der Waals surface area contributed by atoms with Crippen LogP contribution in [0.4, 0.5) is 0 Å². The Morgan fingerprint density at radius 1 is 1.15 bits per heavy atom. The third-order valence-corrected chi connectivity index (χ3v) is 2.36. The van der Waals surface area contributed by atoms with Crippen LogP contribution in [0.1, 0.15) is 19.4 Å². The highest BCUT2D eigenvalue weighted by molar-refractivity contribution is 6.42. The van der Waals surface area contributed by atoms with Gasteiger partial charge in [-0.3, -0.25) is 0 Å². The molecule has 13 heavy (non-hydrogen) atoms. The zero-order valence-corrected chi connectivity index (χ0v) is 9.23. The Labute approximate surface area is 89.2 Å². The molecule has 0 aliphatic carbocycles. The van der Waals surface area contributed by atoms with Crippen LogP contribution >= 0.6 is 23.2 Å². The number of hydrogen-bond acceptors (Lipinski definition) is 0. The summed E-state index contributed by atoms with van der Waals surface area (Å²) in [6.45, 7) is 4.27. The second-order valence-electron chi connectivity index (χ2n) is 3.28. The lowest BCUT2D eigenvalue weighted by atomic mass is 10.1. The van der Waals surface area contributed by atoms with E-state index in [1.807, 2.05) is 24.3 Å². The van der Waals surface area contributed by atoms with Gasteiger partial charge in [-0.15, -0.1) is 0 Å². The monoisotopic (exact) mass is 214 g/mol. The van der Waals surface area contributed by atoms with E-state index in [1.54, 1.807) is 0 Å². The van der Waals surface area contributed by atoms with Crippen molar-refractivity contribution in [3.05, 3.63) is 39.9 Å². The normalized spacial score (nSPS) is 11.5. The lowest BCUT2D eigenvalue weighted by Crippen LogP contribution is -1.78. The quantitative estimate of drug-likeness (QED) is 0.672. The predicted molar refractivity (Wildman–Crippen MR) is 60.3 cm³/mol. The second kappa shape index (κ2) is 4.69. The van der Waals surface area contributed by atoms with Gasteiger partial charge in [0.15, 0.2) is 0 Å². The first-order valence-corrected chi connectivity index (χ1v) is 4.98. The highest BCUT2D eigenvalue weighted by Crippen LogP contribution is 2.23. The van der Waals surface area contributed by atoms with Gasteiger partial charge in [0.25, 0.3) is 0 Å². The van der Waals surface area contributed by atoms with Gasteiger partial charge in [-0.2, -0.15) is 0 Å². The van der Waals surface area contributed by atoms with Crippen LogP contribution in [0, 0.1) is 5.92 Å². The Morgan fingerprint density at radius 2 is 1.85 bits per heavy atom. The molecule has 0 spiro atoms. The lowest BCUT2D eigenvalue weighted by Gasteiger charge is -1.98. The van der Waals surface area contributed by atoms with E-state index in [2.05, 4.69) is 19.9 Å². The molecule has 2 heteroatoms. The number of benzene rings is 1. The Kier molecular flexibility index (Phi) is 3.83. The minimum atomic E-state index is 0.550. The Morgan fingerprint density at radius 3 is 2.38 bits per heavy atom. The summed E-state index contributed by atoms with van der Waals surface area (Å²) in [5.41, 5.74) is 1.09. The summed E-state index contributed by atoms with van der Waals surface area (Å²) in [6.07, 6.45) is 4.17. The highest BCUT2D eigenvalue weighted by atomic mass is 35.5. The van der Waals surface area contributed by atoms with Crippen molar-refractivity contribution in [3.63, 3.8) is 0 Å². The number of rotatable bonds is 2. The van der Waals surface area contributed by atoms with Gasteiger partial charge in [-0.25, -0.2) is 0 Å². The fourth-order valence-corrected chi connectivity index (χ4v) is 1.23. The summed E-state index contributed by atoms with van der Waals surface area (Å²) in [5.74, 6) is 0.550. The maximum atomic E-state index is 5.86. The van der Waals surface area contributed by atoms with Crippen molar-refractivity contribution < 1.29 is 0 Å². The fourth-order valence-electron chi connectivity index (χ4n) is 0.920. The van der Waals surface area contributed by atoms with Gasteiger partial charge in [-0.1, -0.05) is 55.3 Å². The molecule has 1 aromatic carbocycles. The van der Waals surface area contributed by atoms with Gasteiger partial charge in [-0.05, 0) is 23.6 Å². The van der Waals surface area contributed by atoms with Crippen molar-refractivity contribution in [1.82, 2.24) is 0 Å². The van der Waals surface area contributed by atoms with Gasteiger partial charge in [0.1, 0.15) is 0 Å². The summed E-state index contributed by atoms with van der Waals surface area (Å²) in [7, 11) is 0. The topological polar surface area (TPSA) is 0 Å². The van der Waals surface area contributed by atoms with Crippen molar-refractivity contribution in [2.45, 2.75) is 13.8 Å². The molecule has 70 valence electrons. The lowest BCUT2D eigenvalue weighted by molar-refractivity contribution is 0.836. The standard InChI is InChI=1S/C11H12Cl2/c1-8(2)3-4-9-5-6-10(12)11(13)7-9/h3-8H,1-2H3/b4-3+. The number of halogens is 2. The van der Waals surface area contributed by atoms with Crippen LogP contribution in [0.5, 0.6) is 0 Å². The molecule has 0 N–H and O–H groups in total. The molecule has 0 aromatic heterocycles. The van der Waals surface area contributed by atoms with E-state index in [0.717, 1.165) is 5.56 Å². The molecule has 0 radical (unpaired) electrons. The molecule has 0 unspecified atom stereocenters. The molecule has 0 nitrogen and oxygen atoms in total. The Bertz CT molecular complexity index is 314. The number of hydrogen-bond donors (Lipinski definition) is 0. The van der Waals surface area contributed by atoms with Crippen LogP contribution in [-0.2, 0) is 0 Å². The number of allylic oxidation sites excluding steroid dienone is 1. The van der Waals surface area contributed by atoms with Crippen molar-refractivity contribution >= 4 is 29.3 Å². The van der Waals surface area contributed by atoms with E-state index in [1.165, 1.54) is 0 Å². The molecule has 1 rings (SSSR count). The van der Waals surface area contributed by atoms with Crippen LogP contribution in [0.2, 0.25) is 10.0 Å². The first-order chi connectivity index (χ1) is 6.09. The Balaban J connectivity index is 2.85. The predicted octanol–water partition coefficient (Wildman–Crippen LogP) is 4.66. The van der Waals surface area contributed by atoms with Gasteiger partial charge < -0.3 is 0 Å². The molecule has 0 fully saturated rings. The van der Waals surface area contributed by atoms with Gasteiger partial charge in [0, 0.05) is 0 Å². The van der Waals surface area contributed by atoms with Crippen molar-refractivity contribution in [2.75, 3.05) is 0 Å². The Hall–Kier alpha value is -0.460. The molecule has 0 aliphatic heterocycles. The smallest absolute Gasteiger partial charge is 0.0598 e. The zero-order chi connectivity index (χ0) is 9.84. The van der Waals surface area contributed by atoms with E-state index in [4.69, 9.17) is 23.2 Å². The molecule has 0 heterocycles. The minimum Gasteiger partial charge on any atom is -0.0827 e. The summed E-state index contributed by atoms with van der Waals surface area (Å²) >= 11 is 11.7. The van der Waals surface area contributed by atoms with Crippen LogP contribution in [-0.4, -0.2) is 0 Å². The van der Waals surface area contributed by atoms with Crippen molar-refractivity contribution in [2.24, 2.45) is 5.92 Å². The van der Waals surface area contributed by atoms with Crippen LogP contribution in [0.3, 0.4) is 0 Å².